The van der Waals surface area contributed by atoms with Crippen LogP contribution in [0.5, 0.6) is 0 Å². The fourth-order valence-electron chi connectivity index (χ4n) is 2.30. The van der Waals surface area contributed by atoms with Crippen LogP contribution in [0.4, 0.5) is 0 Å². The number of imidazole rings is 1. The molecule has 0 aliphatic carbocycles. The Balaban J connectivity index is 0.00000161. The molecule has 0 atom stereocenters. The van der Waals surface area contributed by atoms with Gasteiger partial charge in [-0.3, -0.25) is 0 Å². The molecule has 3 N–H and O–H groups in total. The van der Waals surface area contributed by atoms with Crippen LogP contribution in [0, 0.1) is 6.92 Å². The largest absolute Gasteiger partial charge is 0.378 e. The first-order valence-corrected chi connectivity index (χ1v) is 6.80. The monoisotopic (exact) mass is 401 g/mol. The van der Waals surface area contributed by atoms with Crippen molar-refractivity contribution in [1.29, 1.82) is 0 Å². The van der Waals surface area contributed by atoms with Gasteiger partial charge in [-0.15, -0.1) is 24.0 Å². The minimum absolute atomic E-state index is 0. The molecule has 1 aromatic carbocycles. The third-order valence-electron chi connectivity index (χ3n) is 3.41. The lowest BCUT2D eigenvalue weighted by molar-refractivity contribution is 0.0674. The second kappa shape index (κ2) is 7.08. The van der Waals surface area contributed by atoms with E-state index in [1.165, 1.54) is 5.56 Å². The first kappa shape index (κ1) is 16.0. The molecule has 7 heteroatoms. The number of nitrogens with zero attached hydrogens (tertiary/aromatic N) is 3. The number of rotatable bonds is 2. The van der Waals surface area contributed by atoms with E-state index in [1.54, 1.807) is 0 Å². The molecule has 6 nitrogen and oxygen atoms in total. The van der Waals surface area contributed by atoms with Gasteiger partial charge < -0.3 is 20.4 Å². The van der Waals surface area contributed by atoms with E-state index < -0.39 is 0 Å². The Morgan fingerprint density at radius 1 is 1.43 bits per heavy atom. The van der Waals surface area contributed by atoms with Gasteiger partial charge in [0.15, 0.2) is 5.96 Å². The number of aliphatic imine (C=N–C) groups is 1. The van der Waals surface area contributed by atoms with E-state index in [-0.39, 0.29) is 24.0 Å². The van der Waals surface area contributed by atoms with Gasteiger partial charge in [0.2, 0.25) is 0 Å². The molecule has 1 aliphatic heterocycles. The fraction of sp³-hybridized carbons (Fsp3) is 0.429. The van der Waals surface area contributed by atoms with Crippen LogP contribution < -0.4 is 5.73 Å². The summed E-state index contributed by atoms with van der Waals surface area (Å²) in [5, 5.41) is 0. The van der Waals surface area contributed by atoms with Gasteiger partial charge in [-0.1, -0.05) is 6.07 Å². The van der Waals surface area contributed by atoms with Crippen molar-refractivity contribution in [2.75, 3.05) is 26.3 Å². The molecular weight excluding hydrogens is 381 g/mol. The quantitative estimate of drug-likeness (QED) is 0.456. The number of H-pyrrole nitrogens is 1. The molecule has 2 heterocycles. The third kappa shape index (κ3) is 3.85. The number of halogens is 1. The maximum Gasteiger partial charge on any atom is 0.191 e. The predicted molar refractivity (Wildman–Crippen MR) is 94.0 cm³/mol. The maximum absolute atomic E-state index is 5.99. The van der Waals surface area contributed by atoms with Gasteiger partial charge in [0.1, 0.15) is 12.4 Å². The van der Waals surface area contributed by atoms with E-state index in [0.717, 1.165) is 29.9 Å². The summed E-state index contributed by atoms with van der Waals surface area (Å²) in [5.41, 5.74) is 9.21. The Bertz CT molecular complexity index is 633. The van der Waals surface area contributed by atoms with Gasteiger partial charge in [0.05, 0.1) is 24.2 Å². The molecule has 0 amide bonds. The molecule has 1 aromatic heterocycles. The molecule has 0 spiro atoms. The number of nitrogens with two attached hydrogens (primary N) is 1. The number of aromatic amines is 1. The van der Waals surface area contributed by atoms with Crippen LogP contribution in [0.2, 0.25) is 0 Å². The number of nitrogens with one attached hydrogen (secondary N) is 1. The number of benzene rings is 1. The average Bonchev–Trinajstić information content (AvgIpc) is 2.87. The lowest BCUT2D eigenvalue weighted by Crippen LogP contribution is -2.44. The van der Waals surface area contributed by atoms with E-state index in [2.05, 4.69) is 34.0 Å². The van der Waals surface area contributed by atoms with Crippen LogP contribution in [0.1, 0.15) is 11.4 Å². The molecule has 1 fully saturated rings. The van der Waals surface area contributed by atoms with Crippen molar-refractivity contribution in [2.24, 2.45) is 10.7 Å². The van der Waals surface area contributed by atoms with Gasteiger partial charge in [-0.05, 0) is 24.6 Å². The van der Waals surface area contributed by atoms with E-state index >= 15 is 0 Å². The number of guanidine groups is 1. The van der Waals surface area contributed by atoms with Gasteiger partial charge >= 0.3 is 0 Å². The van der Waals surface area contributed by atoms with Crippen LogP contribution in [-0.2, 0) is 11.3 Å². The Labute approximate surface area is 140 Å². The third-order valence-corrected chi connectivity index (χ3v) is 3.41. The second-order valence-electron chi connectivity index (χ2n) is 4.98. The molecule has 3 rings (SSSR count). The summed E-state index contributed by atoms with van der Waals surface area (Å²) in [6, 6.07) is 6.15. The van der Waals surface area contributed by atoms with E-state index in [9.17, 15) is 0 Å². The molecule has 2 aromatic rings. The Hall–Kier alpha value is -1.35. The predicted octanol–water partition coefficient (Wildman–Crippen LogP) is 1.64. The number of morpholine rings is 1. The second-order valence-corrected chi connectivity index (χ2v) is 4.98. The molecule has 0 unspecified atom stereocenters. The van der Waals surface area contributed by atoms with Gasteiger partial charge in [-0.25, -0.2) is 9.98 Å². The van der Waals surface area contributed by atoms with E-state index in [4.69, 9.17) is 10.5 Å². The van der Waals surface area contributed by atoms with Gasteiger partial charge in [-0.2, -0.15) is 0 Å². The number of hydrogen-bond donors (Lipinski definition) is 2. The molecule has 21 heavy (non-hydrogen) atoms. The van der Waals surface area contributed by atoms with Crippen LogP contribution in [0.25, 0.3) is 11.0 Å². The summed E-state index contributed by atoms with van der Waals surface area (Å²) < 4.78 is 5.29. The van der Waals surface area contributed by atoms with Crippen LogP contribution in [-0.4, -0.2) is 47.1 Å². The normalized spacial score (nSPS) is 16.0. The first-order valence-electron chi connectivity index (χ1n) is 6.80. The summed E-state index contributed by atoms with van der Waals surface area (Å²) >= 11 is 0. The molecule has 0 saturated carbocycles. The minimum atomic E-state index is 0. The molecule has 1 saturated heterocycles. The van der Waals surface area contributed by atoms with Gasteiger partial charge in [0.25, 0.3) is 0 Å². The summed E-state index contributed by atoms with van der Waals surface area (Å²) in [4.78, 5) is 14.2. The van der Waals surface area contributed by atoms with Crippen molar-refractivity contribution in [3.05, 3.63) is 29.6 Å². The molecule has 0 bridgehead atoms. The molecular formula is C14H20IN5O. The SMILES string of the molecule is Cc1ccc2nc(CN=C(N)N3CCOCC3)[nH]c2c1.I. The number of aryl methyl sites for hydroxylation is 1. The minimum Gasteiger partial charge on any atom is -0.378 e. The van der Waals surface area contributed by atoms with Crippen molar-refractivity contribution in [3.63, 3.8) is 0 Å². The summed E-state index contributed by atoms with van der Waals surface area (Å²) in [5.74, 6) is 1.40. The zero-order valence-corrected chi connectivity index (χ0v) is 14.3. The lowest BCUT2D eigenvalue weighted by Gasteiger charge is -2.27. The van der Waals surface area contributed by atoms with E-state index in [0.29, 0.717) is 25.7 Å². The first-order chi connectivity index (χ1) is 9.72. The zero-order valence-electron chi connectivity index (χ0n) is 12.0. The zero-order chi connectivity index (χ0) is 13.9. The number of hydrogen-bond acceptors (Lipinski definition) is 3. The van der Waals surface area contributed by atoms with Crippen molar-refractivity contribution < 1.29 is 4.74 Å². The molecule has 114 valence electrons. The highest BCUT2D eigenvalue weighted by molar-refractivity contribution is 14.0. The summed E-state index contributed by atoms with van der Waals surface area (Å²) in [7, 11) is 0. The highest BCUT2D eigenvalue weighted by Crippen LogP contribution is 2.13. The molecule has 1 aliphatic rings. The fourth-order valence-corrected chi connectivity index (χ4v) is 2.30. The Morgan fingerprint density at radius 2 is 2.19 bits per heavy atom. The Morgan fingerprint density at radius 3 is 2.95 bits per heavy atom. The van der Waals surface area contributed by atoms with Crippen molar-refractivity contribution in [1.82, 2.24) is 14.9 Å². The smallest absolute Gasteiger partial charge is 0.191 e. The number of ether oxygens (including phenoxy) is 1. The van der Waals surface area contributed by atoms with Crippen molar-refractivity contribution in [3.8, 4) is 0 Å². The van der Waals surface area contributed by atoms with Crippen molar-refractivity contribution >= 4 is 41.0 Å². The van der Waals surface area contributed by atoms with Crippen LogP contribution in [0.15, 0.2) is 23.2 Å². The summed E-state index contributed by atoms with van der Waals surface area (Å²) in [6.45, 7) is 5.55. The highest BCUT2D eigenvalue weighted by Gasteiger charge is 2.12. The molecule has 0 radical (unpaired) electrons. The van der Waals surface area contributed by atoms with E-state index in [1.807, 2.05) is 11.0 Å². The van der Waals surface area contributed by atoms with Crippen LogP contribution >= 0.6 is 24.0 Å². The average molecular weight is 401 g/mol. The number of fused-ring (bicyclic) bond motifs is 1. The number of aromatic nitrogens is 2. The van der Waals surface area contributed by atoms with Gasteiger partial charge in [0, 0.05) is 13.1 Å². The summed E-state index contributed by atoms with van der Waals surface area (Å²) in [6.07, 6.45) is 0. The highest BCUT2D eigenvalue weighted by atomic mass is 127. The van der Waals surface area contributed by atoms with Crippen molar-refractivity contribution in [2.45, 2.75) is 13.5 Å². The lowest BCUT2D eigenvalue weighted by atomic mass is 10.2. The topological polar surface area (TPSA) is 79.5 Å². The Kier molecular flexibility index (Phi) is 5.40. The van der Waals surface area contributed by atoms with Crippen LogP contribution in [0.3, 0.4) is 0 Å². The standard InChI is InChI=1S/C14H19N5O.HI/c1-10-2-3-11-12(8-10)18-13(17-11)9-16-14(15)19-4-6-20-7-5-19;/h2-3,8H,4-7,9H2,1H3,(H2,15,16)(H,17,18);1H. The maximum atomic E-state index is 5.99.